The van der Waals surface area contributed by atoms with E-state index in [0.717, 1.165) is 0 Å². The number of nitrogens with zero attached hydrogens (tertiary/aromatic N) is 6. The van der Waals surface area contributed by atoms with Gasteiger partial charge in [-0.05, 0) is 13.8 Å². The molecule has 21 heavy (non-hydrogen) atoms. The van der Waals surface area contributed by atoms with Crippen molar-refractivity contribution in [1.82, 2.24) is 24.7 Å². The minimum Gasteiger partial charge on any atom is -0.354 e. The second-order valence-electron chi connectivity index (χ2n) is 4.40. The maximum Gasteiger partial charge on any atom is 0.332 e. The third kappa shape index (κ3) is 2.86. The fourth-order valence-electron chi connectivity index (χ4n) is 1.90. The number of anilines is 2. The first-order chi connectivity index (χ1) is 9.93. The molecule has 0 amide bonds. The Morgan fingerprint density at radius 3 is 2.71 bits per heavy atom. The molecule has 0 aliphatic heterocycles. The van der Waals surface area contributed by atoms with Crippen LogP contribution < -0.4 is 16.6 Å². The zero-order valence-corrected chi connectivity index (χ0v) is 11.7. The Bertz CT molecular complexity index is 669. The largest absolute Gasteiger partial charge is 0.354 e. The van der Waals surface area contributed by atoms with Crippen LogP contribution in [0, 0.1) is 17.0 Å². The number of hydrazine groups is 1. The van der Waals surface area contributed by atoms with Crippen LogP contribution in [0.15, 0.2) is 6.33 Å². The average Bonchev–Trinajstić information content (AvgIpc) is 2.83. The molecule has 4 N–H and O–H groups in total. The van der Waals surface area contributed by atoms with Gasteiger partial charge in [-0.2, -0.15) is 4.98 Å². The highest BCUT2D eigenvalue weighted by Gasteiger charge is 2.24. The summed E-state index contributed by atoms with van der Waals surface area (Å²) in [5, 5.41) is 21.8. The lowest BCUT2D eigenvalue weighted by atomic mass is 10.3. The summed E-state index contributed by atoms with van der Waals surface area (Å²) in [6.07, 6.45) is 1.54. The molecule has 2 aromatic rings. The number of hydrogen-bond donors (Lipinski definition) is 3. The predicted molar refractivity (Wildman–Crippen MR) is 74.3 cm³/mol. The molecule has 0 bridgehead atoms. The Labute approximate surface area is 119 Å². The van der Waals surface area contributed by atoms with Gasteiger partial charge < -0.3 is 9.88 Å². The minimum atomic E-state index is -0.540. The molecular formula is C10H15N9O2. The topological polar surface area (TPSA) is 150 Å². The van der Waals surface area contributed by atoms with E-state index in [9.17, 15) is 10.1 Å². The molecule has 0 aliphatic carbocycles. The van der Waals surface area contributed by atoms with E-state index in [0.29, 0.717) is 5.82 Å². The van der Waals surface area contributed by atoms with E-state index in [1.165, 1.54) is 6.92 Å². The zero-order chi connectivity index (χ0) is 15.6. The maximum atomic E-state index is 11.2. The van der Waals surface area contributed by atoms with Crippen LogP contribution >= 0.6 is 0 Å². The SMILES string of the molecule is Cc1nc(NN)nc(NC(C)c2nncn2C)c1[N+](=O)[O-]. The first kappa shape index (κ1) is 14.6. The molecule has 2 aromatic heterocycles. The van der Waals surface area contributed by atoms with Gasteiger partial charge in [0, 0.05) is 7.05 Å². The van der Waals surface area contributed by atoms with Crippen molar-refractivity contribution in [3.63, 3.8) is 0 Å². The summed E-state index contributed by atoms with van der Waals surface area (Å²) in [5.74, 6) is 6.03. The summed E-state index contributed by atoms with van der Waals surface area (Å²) in [6.45, 7) is 3.31. The van der Waals surface area contributed by atoms with Crippen LogP contribution in [0.1, 0.15) is 24.5 Å². The van der Waals surface area contributed by atoms with Crippen LogP contribution in [-0.4, -0.2) is 29.7 Å². The molecule has 112 valence electrons. The number of nitrogens with two attached hydrogens (primary N) is 1. The van der Waals surface area contributed by atoms with Crippen LogP contribution in [0.4, 0.5) is 17.5 Å². The van der Waals surface area contributed by atoms with E-state index >= 15 is 0 Å². The van der Waals surface area contributed by atoms with Gasteiger partial charge in [-0.1, -0.05) is 0 Å². The summed E-state index contributed by atoms with van der Waals surface area (Å²) in [6, 6.07) is -0.337. The van der Waals surface area contributed by atoms with Gasteiger partial charge in [0.15, 0.2) is 5.82 Å². The molecular weight excluding hydrogens is 278 g/mol. The number of nitro groups is 1. The van der Waals surface area contributed by atoms with Gasteiger partial charge in [0.2, 0.25) is 11.8 Å². The first-order valence-electron chi connectivity index (χ1n) is 6.04. The maximum absolute atomic E-state index is 11.2. The molecule has 0 saturated carbocycles. The highest BCUT2D eigenvalue weighted by Crippen LogP contribution is 2.29. The van der Waals surface area contributed by atoms with Gasteiger partial charge in [0.25, 0.3) is 0 Å². The molecule has 1 atom stereocenters. The molecule has 1 unspecified atom stereocenters. The normalized spacial score (nSPS) is 12.0. The van der Waals surface area contributed by atoms with E-state index in [-0.39, 0.29) is 29.2 Å². The van der Waals surface area contributed by atoms with Crippen molar-refractivity contribution in [2.24, 2.45) is 12.9 Å². The van der Waals surface area contributed by atoms with Crippen molar-refractivity contribution >= 4 is 17.5 Å². The van der Waals surface area contributed by atoms with Crippen molar-refractivity contribution in [3.05, 3.63) is 28.0 Å². The Balaban J connectivity index is 2.40. The van der Waals surface area contributed by atoms with Crippen LogP contribution in [0.2, 0.25) is 0 Å². The molecule has 2 heterocycles. The van der Waals surface area contributed by atoms with Gasteiger partial charge in [-0.3, -0.25) is 15.5 Å². The minimum absolute atomic E-state index is 0.0657. The highest BCUT2D eigenvalue weighted by atomic mass is 16.6. The van der Waals surface area contributed by atoms with Crippen LogP contribution in [0.25, 0.3) is 0 Å². The second kappa shape index (κ2) is 5.66. The Morgan fingerprint density at radius 2 is 2.19 bits per heavy atom. The van der Waals surface area contributed by atoms with Crippen LogP contribution in [0.3, 0.4) is 0 Å². The lowest BCUT2D eigenvalue weighted by Crippen LogP contribution is -2.17. The number of aromatic nitrogens is 5. The number of nitrogen functional groups attached to an aromatic ring is 1. The summed E-state index contributed by atoms with van der Waals surface area (Å²) in [4.78, 5) is 18.5. The third-order valence-corrected chi connectivity index (χ3v) is 2.86. The van der Waals surface area contributed by atoms with E-state index in [4.69, 9.17) is 5.84 Å². The number of rotatable bonds is 5. The highest BCUT2D eigenvalue weighted by molar-refractivity contribution is 5.61. The number of aryl methyl sites for hydroxylation is 2. The van der Waals surface area contributed by atoms with Crippen LogP contribution in [0.5, 0.6) is 0 Å². The van der Waals surface area contributed by atoms with Gasteiger partial charge in [0.05, 0.1) is 11.0 Å². The van der Waals surface area contributed by atoms with Crippen molar-refractivity contribution in [2.45, 2.75) is 19.9 Å². The predicted octanol–water partition coefficient (Wildman–Crippen LogP) is 0.280. The van der Waals surface area contributed by atoms with E-state index in [2.05, 4.69) is 30.9 Å². The summed E-state index contributed by atoms with van der Waals surface area (Å²) < 4.78 is 1.71. The summed E-state index contributed by atoms with van der Waals surface area (Å²) in [7, 11) is 1.78. The Hall–Kier alpha value is -2.82. The number of hydrogen-bond acceptors (Lipinski definition) is 9. The lowest BCUT2D eigenvalue weighted by molar-refractivity contribution is -0.385. The van der Waals surface area contributed by atoms with Crippen LogP contribution in [-0.2, 0) is 7.05 Å². The van der Waals surface area contributed by atoms with Crippen molar-refractivity contribution in [2.75, 3.05) is 10.7 Å². The standard InChI is InChI=1S/C10H15N9O2/c1-5-7(19(20)21)8(15-10(14-5)16-11)13-6(2)9-17-12-4-18(9)3/h4,6H,11H2,1-3H3,(H2,13,14,15,16). The lowest BCUT2D eigenvalue weighted by Gasteiger charge is -2.14. The monoisotopic (exact) mass is 293 g/mol. The molecule has 0 fully saturated rings. The summed E-state index contributed by atoms with van der Waals surface area (Å²) >= 11 is 0. The molecule has 0 radical (unpaired) electrons. The molecule has 2 rings (SSSR count). The molecule has 0 aromatic carbocycles. The van der Waals surface area contributed by atoms with Gasteiger partial charge >= 0.3 is 5.69 Å². The van der Waals surface area contributed by atoms with E-state index in [1.807, 2.05) is 0 Å². The van der Waals surface area contributed by atoms with Gasteiger partial charge in [0.1, 0.15) is 12.0 Å². The smallest absolute Gasteiger partial charge is 0.332 e. The average molecular weight is 293 g/mol. The molecule has 0 spiro atoms. The third-order valence-electron chi connectivity index (χ3n) is 2.86. The first-order valence-corrected chi connectivity index (χ1v) is 6.04. The second-order valence-corrected chi connectivity index (χ2v) is 4.40. The fraction of sp³-hybridized carbons (Fsp3) is 0.400. The molecule has 0 aliphatic rings. The molecule has 0 saturated heterocycles. The zero-order valence-electron chi connectivity index (χ0n) is 11.7. The van der Waals surface area contributed by atoms with Crippen molar-refractivity contribution in [1.29, 1.82) is 0 Å². The summed E-state index contributed by atoms with van der Waals surface area (Å²) in [5.41, 5.74) is 2.27. The van der Waals surface area contributed by atoms with Crippen molar-refractivity contribution < 1.29 is 4.92 Å². The molecule has 11 heteroatoms. The van der Waals surface area contributed by atoms with Gasteiger partial charge in [-0.25, -0.2) is 10.8 Å². The van der Waals surface area contributed by atoms with Gasteiger partial charge in [-0.15, -0.1) is 10.2 Å². The van der Waals surface area contributed by atoms with Crippen molar-refractivity contribution in [3.8, 4) is 0 Å². The quantitative estimate of drug-likeness (QED) is 0.401. The Morgan fingerprint density at radius 1 is 1.48 bits per heavy atom. The molecule has 11 nitrogen and oxygen atoms in total. The van der Waals surface area contributed by atoms with E-state index in [1.54, 1.807) is 24.9 Å². The Kier molecular flexibility index (Phi) is 3.93. The number of nitrogens with one attached hydrogen (secondary N) is 2. The fourth-order valence-corrected chi connectivity index (χ4v) is 1.90. The van der Waals surface area contributed by atoms with E-state index < -0.39 is 4.92 Å².